The molecule has 138 valence electrons. The summed E-state index contributed by atoms with van der Waals surface area (Å²) in [4.78, 5) is 30.7. The quantitative estimate of drug-likeness (QED) is 0.759. The molecule has 0 saturated carbocycles. The topological polar surface area (TPSA) is 53.1 Å². The summed E-state index contributed by atoms with van der Waals surface area (Å²) >= 11 is 0. The van der Waals surface area contributed by atoms with E-state index in [4.69, 9.17) is 4.74 Å². The number of hydrogen-bond acceptors (Lipinski definition) is 4. The maximum atomic E-state index is 12.8. The maximum Gasteiger partial charge on any atom is 0.410 e. The fourth-order valence-corrected chi connectivity index (χ4v) is 3.00. The Balaban J connectivity index is 1.93. The molecule has 2 rings (SSSR count). The number of rotatable bonds is 7. The molecule has 1 saturated heterocycles. The minimum Gasteiger partial charge on any atom is -0.445 e. The highest BCUT2D eigenvalue weighted by molar-refractivity contribution is 5.86. The van der Waals surface area contributed by atoms with Gasteiger partial charge in [0.15, 0.2) is 0 Å². The first-order chi connectivity index (χ1) is 12.0. The third-order valence-corrected chi connectivity index (χ3v) is 4.49. The van der Waals surface area contributed by atoms with E-state index in [0.29, 0.717) is 26.1 Å². The van der Waals surface area contributed by atoms with Crippen molar-refractivity contribution in [2.75, 3.05) is 40.3 Å². The number of ether oxygens (including phenoxy) is 1. The van der Waals surface area contributed by atoms with Gasteiger partial charge in [0.05, 0.1) is 0 Å². The van der Waals surface area contributed by atoms with Crippen LogP contribution in [0, 0.1) is 0 Å². The summed E-state index contributed by atoms with van der Waals surface area (Å²) in [6, 6.07) is 9.18. The van der Waals surface area contributed by atoms with Crippen LogP contribution < -0.4 is 0 Å². The van der Waals surface area contributed by atoms with Crippen LogP contribution in [0.3, 0.4) is 0 Å². The molecule has 1 atom stereocenters. The van der Waals surface area contributed by atoms with Crippen LogP contribution in [0.2, 0.25) is 0 Å². The fourth-order valence-electron chi connectivity index (χ4n) is 3.00. The molecule has 25 heavy (non-hydrogen) atoms. The molecule has 0 aliphatic carbocycles. The van der Waals surface area contributed by atoms with Crippen molar-refractivity contribution in [3.63, 3.8) is 0 Å². The van der Waals surface area contributed by atoms with Gasteiger partial charge >= 0.3 is 6.09 Å². The summed E-state index contributed by atoms with van der Waals surface area (Å²) in [5.41, 5.74) is 0.944. The Morgan fingerprint density at radius 2 is 1.92 bits per heavy atom. The molecular weight excluding hydrogens is 318 g/mol. The van der Waals surface area contributed by atoms with Gasteiger partial charge in [-0.15, -0.1) is 0 Å². The van der Waals surface area contributed by atoms with Crippen molar-refractivity contribution in [2.45, 2.75) is 32.4 Å². The summed E-state index contributed by atoms with van der Waals surface area (Å²) in [7, 11) is 3.97. The number of benzene rings is 1. The van der Waals surface area contributed by atoms with E-state index >= 15 is 0 Å². The van der Waals surface area contributed by atoms with E-state index in [9.17, 15) is 9.59 Å². The summed E-state index contributed by atoms with van der Waals surface area (Å²) in [5, 5.41) is 0. The van der Waals surface area contributed by atoms with Crippen molar-refractivity contribution >= 4 is 12.0 Å². The molecule has 2 amide bonds. The minimum absolute atomic E-state index is 0.0264. The van der Waals surface area contributed by atoms with Crippen molar-refractivity contribution < 1.29 is 14.3 Å². The normalized spacial score (nSPS) is 17.0. The largest absolute Gasteiger partial charge is 0.445 e. The first kappa shape index (κ1) is 19.2. The van der Waals surface area contributed by atoms with Gasteiger partial charge in [0, 0.05) is 26.2 Å². The van der Waals surface area contributed by atoms with Crippen molar-refractivity contribution in [3.05, 3.63) is 35.9 Å². The van der Waals surface area contributed by atoms with Gasteiger partial charge in [-0.3, -0.25) is 9.69 Å². The molecule has 0 aromatic heterocycles. The van der Waals surface area contributed by atoms with Gasteiger partial charge in [0.2, 0.25) is 5.91 Å². The molecule has 1 aromatic rings. The monoisotopic (exact) mass is 347 g/mol. The van der Waals surface area contributed by atoms with Crippen LogP contribution in [-0.4, -0.2) is 73.0 Å². The van der Waals surface area contributed by atoms with E-state index in [2.05, 4.69) is 4.90 Å². The zero-order valence-electron chi connectivity index (χ0n) is 15.5. The van der Waals surface area contributed by atoms with Gasteiger partial charge in [-0.05, 0) is 39.4 Å². The summed E-state index contributed by atoms with van der Waals surface area (Å²) in [6.45, 7) is 4.91. The Morgan fingerprint density at radius 1 is 1.20 bits per heavy atom. The number of amides is 2. The van der Waals surface area contributed by atoms with Crippen molar-refractivity contribution in [2.24, 2.45) is 0 Å². The summed E-state index contributed by atoms with van der Waals surface area (Å²) in [6.07, 6.45) is 1.14. The Bertz CT molecular complexity index is 562. The molecule has 0 radical (unpaired) electrons. The molecule has 1 aliphatic heterocycles. The van der Waals surface area contributed by atoms with E-state index in [-0.39, 0.29) is 12.5 Å². The number of likely N-dealkylation sites (tertiary alicyclic amines) is 1. The lowest BCUT2D eigenvalue weighted by atomic mass is 10.2. The van der Waals surface area contributed by atoms with E-state index in [0.717, 1.165) is 18.5 Å². The smallest absolute Gasteiger partial charge is 0.410 e. The van der Waals surface area contributed by atoms with E-state index in [1.807, 2.05) is 56.3 Å². The van der Waals surface area contributed by atoms with Gasteiger partial charge in [0.25, 0.3) is 0 Å². The summed E-state index contributed by atoms with van der Waals surface area (Å²) < 4.78 is 5.41. The molecule has 1 fully saturated rings. The molecule has 1 aromatic carbocycles. The van der Waals surface area contributed by atoms with Gasteiger partial charge in [0.1, 0.15) is 12.6 Å². The summed E-state index contributed by atoms with van der Waals surface area (Å²) in [5.74, 6) is 0.0264. The molecule has 0 spiro atoms. The Labute approximate surface area is 150 Å². The van der Waals surface area contributed by atoms with Crippen LogP contribution in [0.1, 0.15) is 25.3 Å². The van der Waals surface area contributed by atoms with Crippen LogP contribution in [0.25, 0.3) is 0 Å². The molecule has 1 aliphatic rings. The second kappa shape index (κ2) is 9.42. The number of carbonyl (C=O) groups excluding carboxylic acids is 2. The van der Waals surface area contributed by atoms with Crippen LogP contribution in [0.4, 0.5) is 4.79 Å². The third kappa shape index (κ3) is 5.46. The number of hydrogen-bond donors (Lipinski definition) is 0. The number of nitrogens with zero attached hydrogens (tertiary/aromatic N) is 3. The second-order valence-corrected chi connectivity index (χ2v) is 6.61. The fraction of sp³-hybridized carbons (Fsp3) is 0.579. The lowest BCUT2D eigenvalue weighted by molar-refractivity contribution is -0.135. The second-order valence-electron chi connectivity index (χ2n) is 6.61. The van der Waals surface area contributed by atoms with Gasteiger partial charge in [-0.25, -0.2) is 4.79 Å². The average Bonchev–Trinajstić information content (AvgIpc) is 3.10. The van der Waals surface area contributed by atoms with E-state index < -0.39 is 12.1 Å². The lowest BCUT2D eigenvalue weighted by Crippen LogP contribution is -2.49. The van der Waals surface area contributed by atoms with Crippen LogP contribution in [0.15, 0.2) is 30.3 Å². The molecule has 1 heterocycles. The van der Waals surface area contributed by atoms with Gasteiger partial charge in [-0.2, -0.15) is 0 Å². The zero-order chi connectivity index (χ0) is 18.2. The maximum absolute atomic E-state index is 12.8. The average molecular weight is 347 g/mol. The lowest BCUT2D eigenvalue weighted by Gasteiger charge is -2.30. The molecule has 6 heteroatoms. The van der Waals surface area contributed by atoms with Crippen molar-refractivity contribution in [3.8, 4) is 0 Å². The first-order valence-electron chi connectivity index (χ1n) is 8.93. The van der Waals surface area contributed by atoms with Gasteiger partial charge < -0.3 is 14.5 Å². The molecule has 0 N–H and O–H groups in total. The van der Waals surface area contributed by atoms with Crippen molar-refractivity contribution in [1.29, 1.82) is 0 Å². The molecule has 1 unspecified atom stereocenters. The molecular formula is C19H29N3O3. The third-order valence-electron chi connectivity index (χ3n) is 4.49. The number of likely N-dealkylation sites (N-methyl/N-ethyl adjacent to an activating group) is 2. The zero-order valence-corrected chi connectivity index (χ0v) is 15.5. The highest BCUT2D eigenvalue weighted by atomic mass is 16.6. The SMILES string of the molecule is CCN(CCN(C)C)C(=O)C1CCCN1C(=O)OCc1ccccc1. The minimum atomic E-state index is -0.400. The standard InChI is InChI=1S/C19H29N3O3/c1-4-21(14-13-20(2)3)18(23)17-11-8-12-22(17)19(24)25-15-16-9-6-5-7-10-16/h5-7,9-10,17H,4,8,11-15H2,1-3H3. The number of carbonyl (C=O) groups is 2. The van der Waals surface area contributed by atoms with E-state index in [1.165, 1.54) is 0 Å². The van der Waals surface area contributed by atoms with Crippen LogP contribution in [-0.2, 0) is 16.1 Å². The molecule has 0 bridgehead atoms. The molecule has 6 nitrogen and oxygen atoms in total. The van der Waals surface area contributed by atoms with Gasteiger partial charge in [-0.1, -0.05) is 30.3 Å². The Kier molecular flexibility index (Phi) is 7.25. The Morgan fingerprint density at radius 3 is 2.56 bits per heavy atom. The Hall–Kier alpha value is -2.08. The highest BCUT2D eigenvalue weighted by Crippen LogP contribution is 2.21. The highest BCUT2D eigenvalue weighted by Gasteiger charge is 2.37. The van der Waals surface area contributed by atoms with Crippen LogP contribution >= 0.6 is 0 Å². The predicted molar refractivity (Wildman–Crippen MR) is 97.2 cm³/mol. The van der Waals surface area contributed by atoms with E-state index in [1.54, 1.807) is 4.90 Å². The predicted octanol–water partition coefficient (Wildman–Crippen LogP) is 2.20. The van der Waals surface area contributed by atoms with Crippen LogP contribution in [0.5, 0.6) is 0 Å². The first-order valence-corrected chi connectivity index (χ1v) is 8.93. The van der Waals surface area contributed by atoms with Crippen molar-refractivity contribution in [1.82, 2.24) is 14.7 Å².